The lowest BCUT2D eigenvalue weighted by atomic mass is 10.1. The van der Waals surface area contributed by atoms with E-state index in [1.165, 1.54) is 36.0 Å². The zero-order chi connectivity index (χ0) is 12.6. The van der Waals surface area contributed by atoms with Gasteiger partial charge in [-0.25, -0.2) is 0 Å². The highest BCUT2D eigenvalue weighted by atomic mass is 32.1. The summed E-state index contributed by atoms with van der Waals surface area (Å²) in [4.78, 5) is 0. The summed E-state index contributed by atoms with van der Waals surface area (Å²) >= 11 is 1.77. The quantitative estimate of drug-likeness (QED) is 0.575. The highest BCUT2D eigenvalue weighted by Crippen LogP contribution is 2.10. The average Bonchev–Trinajstić information content (AvgIpc) is 2.60. The molecule has 0 saturated carbocycles. The van der Waals surface area contributed by atoms with Crippen molar-refractivity contribution in [3.8, 4) is 0 Å². The van der Waals surface area contributed by atoms with E-state index in [9.17, 15) is 0 Å². The molecule has 0 nitrogen and oxygen atoms in total. The molecule has 1 heteroatoms. The molecule has 0 spiro atoms. The average molecular weight is 238 g/mol. The predicted molar refractivity (Wildman–Crippen MR) is 77.4 cm³/mol. The van der Waals surface area contributed by atoms with E-state index in [-0.39, 0.29) is 0 Å². The summed E-state index contributed by atoms with van der Waals surface area (Å²) in [7, 11) is 0. The zero-order valence-electron chi connectivity index (χ0n) is 11.7. The fourth-order valence-corrected chi connectivity index (χ4v) is 1.96. The van der Waals surface area contributed by atoms with Crippen LogP contribution in [0.25, 0.3) is 0 Å². The van der Waals surface area contributed by atoms with Crippen molar-refractivity contribution < 1.29 is 0 Å². The lowest BCUT2D eigenvalue weighted by Crippen LogP contribution is -1.79. The minimum Gasteiger partial charge on any atom is -0.152 e. The lowest BCUT2D eigenvalue weighted by Gasteiger charge is -2.00. The van der Waals surface area contributed by atoms with Crippen molar-refractivity contribution in [3.05, 3.63) is 33.0 Å². The second kappa shape index (κ2) is 8.58. The van der Waals surface area contributed by atoms with Crippen LogP contribution in [0.5, 0.6) is 0 Å². The van der Waals surface area contributed by atoms with E-state index in [0.717, 1.165) is 0 Å². The molecule has 0 unspecified atom stereocenters. The molecule has 1 heterocycles. The van der Waals surface area contributed by atoms with Crippen molar-refractivity contribution in [2.75, 3.05) is 0 Å². The first-order valence-electron chi connectivity index (χ1n) is 6.11. The number of aryl methyl sites for hydroxylation is 2. The summed E-state index contributed by atoms with van der Waals surface area (Å²) in [6.45, 7) is 13.1. The van der Waals surface area contributed by atoms with Crippen LogP contribution in [0.4, 0.5) is 0 Å². The molecule has 0 fully saturated rings. The zero-order valence-corrected chi connectivity index (χ0v) is 12.5. The highest BCUT2D eigenvalue weighted by molar-refractivity contribution is 7.08. The Kier molecular flexibility index (Phi) is 8.28. The van der Waals surface area contributed by atoms with Crippen LogP contribution in [0, 0.1) is 13.8 Å². The van der Waals surface area contributed by atoms with Gasteiger partial charge in [0.2, 0.25) is 0 Å². The number of allylic oxidation sites excluding steroid dienone is 2. The van der Waals surface area contributed by atoms with Crippen molar-refractivity contribution in [3.63, 3.8) is 0 Å². The van der Waals surface area contributed by atoms with Gasteiger partial charge in [0.05, 0.1) is 0 Å². The lowest BCUT2D eigenvalue weighted by molar-refractivity contribution is 0.780. The first kappa shape index (κ1) is 15.4. The van der Waals surface area contributed by atoms with Crippen LogP contribution >= 0.6 is 11.3 Å². The van der Waals surface area contributed by atoms with Gasteiger partial charge in [-0.1, -0.05) is 24.5 Å². The van der Waals surface area contributed by atoms with Gasteiger partial charge in [0.15, 0.2) is 0 Å². The van der Waals surface area contributed by atoms with E-state index >= 15 is 0 Å². The minimum absolute atomic E-state index is 1.29. The first-order valence-corrected chi connectivity index (χ1v) is 7.05. The SMILES string of the molecule is CCCCC(C)=C(C)C.Cc1cscc1C. The van der Waals surface area contributed by atoms with Gasteiger partial charge in [0.25, 0.3) is 0 Å². The largest absolute Gasteiger partial charge is 0.152 e. The summed E-state index contributed by atoms with van der Waals surface area (Å²) in [5, 5.41) is 4.32. The number of rotatable bonds is 3. The molecule has 1 rings (SSSR count). The van der Waals surface area contributed by atoms with Gasteiger partial charge in [-0.2, -0.15) is 11.3 Å². The van der Waals surface area contributed by atoms with Crippen molar-refractivity contribution in [1.82, 2.24) is 0 Å². The van der Waals surface area contributed by atoms with Crippen LogP contribution in [0.15, 0.2) is 21.9 Å². The van der Waals surface area contributed by atoms with Crippen LogP contribution in [-0.2, 0) is 0 Å². The third-order valence-electron chi connectivity index (χ3n) is 2.87. The van der Waals surface area contributed by atoms with Crippen LogP contribution in [0.2, 0.25) is 0 Å². The Labute approximate surface area is 105 Å². The van der Waals surface area contributed by atoms with Crippen molar-refractivity contribution in [1.29, 1.82) is 0 Å². The molecule has 0 saturated heterocycles. The summed E-state index contributed by atoms with van der Waals surface area (Å²) in [5.74, 6) is 0. The Bertz CT molecular complexity index is 297. The number of unbranched alkanes of at least 4 members (excludes halogenated alkanes) is 1. The number of hydrogen-bond donors (Lipinski definition) is 0. The second-order valence-corrected chi connectivity index (χ2v) is 5.37. The molecule has 0 radical (unpaired) electrons. The van der Waals surface area contributed by atoms with E-state index in [1.807, 2.05) is 0 Å². The monoisotopic (exact) mass is 238 g/mol. The Balaban J connectivity index is 0.000000288. The molecule has 1 aromatic heterocycles. The van der Waals surface area contributed by atoms with Crippen molar-refractivity contribution >= 4 is 11.3 Å². The third kappa shape index (κ3) is 6.84. The fraction of sp³-hybridized carbons (Fsp3) is 0.600. The van der Waals surface area contributed by atoms with E-state index in [2.05, 4.69) is 52.3 Å². The molecule has 16 heavy (non-hydrogen) atoms. The maximum atomic E-state index is 2.23. The van der Waals surface area contributed by atoms with Crippen LogP contribution in [-0.4, -0.2) is 0 Å². The predicted octanol–water partition coefficient (Wildman–Crippen LogP) is 5.90. The molecule has 0 aliphatic carbocycles. The second-order valence-electron chi connectivity index (χ2n) is 4.62. The highest BCUT2D eigenvalue weighted by Gasteiger charge is 1.89. The smallest absolute Gasteiger partial charge is 0.00613 e. The maximum Gasteiger partial charge on any atom is -0.00613 e. The summed E-state index contributed by atoms with van der Waals surface area (Å²) in [5.41, 5.74) is 5.87. The Morgan fingerprint density at radius 2 is 1.56 bits per heavy atom. The van der Waals surface area contributed by atoms with Crippen LogP contribution in [0.1, 0.15) is 58.1 Å². The van der Waals surface area contributed by atoms with Gasteiger partial charge in [0.1, 0.15) is 0 Å². The van der Waals surface area contributed by atoms with Gasteiger partial charge in [-0.3, -0.25) is 0 Å². The summed E-state index contributed by atoms with van der Waals surface area (Å²) < 4.78 is 0. The fourth-order valence-electron chi connectivity index (χ4n) is 1.12. The molecule has 0 atom stereocenters. The summed E-state index contributed by atoms with van der Waals surface area (Å²) in [6.07, 6.45) is 3.94. The topological polar surface area (TPSA) is 0 Å². The van der Waals surface area contributed by atoms with E-state index in [0.29, 0.717) is 0 Å². The van der Waals surface area contributed by atoms with Crippen molar-refractivity contribution in [2.24, 2.45) is 0 Å². The molecule has 0 aliphatic rings. The van der Waals surface area contributed by atoms with Gasteiger partial charge in [0, 0.05) is 0 Å². The summed E-state index contributed by atoms with van der Waals surface area (Å²) in [6, 6.07) is 0. The Morgan fingerprint density at radius 1 is 1.06 bits per heavy atom. The molecule has 0 aliphatic heterocycles. The molecule has 0 bridgehead atoms. The first-order chi connectivity index (χ1) is 7.49. The molecular formula is C15H26S. The molecular weight excluding hydrogens is 212 g/mol. The van der Waals surface area contributed by atoms with Gasteiger partial charge < -0.3 is 0 Å². The molecule has 92 valence electrons. The maximum absolute atomic E-state index is 2.23. The van der Waals surface area contributed by atoms with E-state index in [4.69, 9.17) is 0 Å². The standard InChI is InChI=1S/C9H18.C6H8S/c1-5-6-7-9(4)8(2)3;1-5-3-7-4-6(5)2/h5-7H2,1-4H3;3-4H,1-2H3. The third-order valence-corrected chi connectivity index (χ3v) is 3.85. The van der Waals surface area contributed by atoms with Gasteiger partial charge in [-0.05, 0) is 69.3 Å². The molecule has 0 amide bonds. The van der Waals surface area contributed by atoms with E-state index < -0.39 is 0 Å². The molecule has 0 N–H and O–H groups in total. The minimum atomic E-state index is 1.29. The van der Waals surface area contributed by atoms with Gasteiger partial charge >= 0.3 is 0 Å². The molecule has 0 aromatic carbocycles. The van der Waals surface area contributed by atoms with Crippen LogP contribution < -0.4 is 0 Å². The normalized spacial score (nSPS) is 9.38. The Morgan fingerprint density at radius 3 is 1.81 bits per heavy atom. The van der Waals surface area contributed by atoms with Gasteiger partial charge in [-0.15, -0.1) is 0 Å². The number of thiophene rings is 1. The molecule has 1 aromatic rings. The number of hydrogen-bond acceptors (Lipinski definition) is 1. The van der Waals surface area contributed by atoms with E-state index in [1.54, 1.807) is 16.9 Å². The van der Waals surface area contributed by atoms with Crippen LogP contribution in [0.3, 0.4) is 0 Å². The van der Waals surface area contributed by atoms with Crippen molar-refractivity contribution in [2.45, 2.75) is 60.8 Å². The Hall–Kier alpha value is -0.560.